The normalized spacial score (nSPS) is 12.9. The lowest BCUT2D eigenvalue weighted by molar-refractivity contribution is 0.476. The van der Waals surface area contributed by atoms with Gasteiger partial charge in [0, 0.05) is 10.5 Å². The lowest BCUT2D eigenvalue weighted by Crippen LogP contribution is -2.31. The van der Waals surface area contributed by atoms with E-state index in [4.69, 9.17) is 17.4 Å². The van der Waals surface area contributed by atoms with Gasteiger partial charge in [0.25, 0.3) is 0 Å². The van der Waals surface area contributed by atoms with Crippen LogP contribution in [0.5, 0.6) is 0 Å². The van der Waals surface area contributed by atoms with Crippen molar-refractivity contribution in [2.45, 2.75) is 32.9 Å². The Balaban J connectivity index is 2.58. The molecule has 1 heterocycles. The molecule has 0 fully saturated rings. The Bertz CT molecular complexity index is 609. The molecule has 0 bridgehead atoms. The summed E-state index contributed by atoms with van der Waals surface area (Å²) in [5.41, 5.74) is 5.91. The van der Waals surface area contributed by atoms with Crippen LogP contribution in [-0.2, 0) is 0 Å². The van der Waals surface area contributed by atoms with E-state index in [1.165, 1.54) is 0 Å². The molecule has 0 spiro atoms. The number of nitrogens with zero attached hydrogens (tertiary/aromatic N) is 2. The van der Waals surface area contributed by atoms with Gasteiger partial charge in [-0.1, -0.05) is 45.7 Å². The van der Waals surface area contributed by atoms with Crippen molar-refractivity contribution in [3.05, 3.63) is 50.7 Å². The van der Waals surface area contributed by atoms with E-state index in [1.807, 2.05) is 29.8 Å². The number of halogens is 2. The highest BCUT2D eigenvalue weighted by Crippen LogP contribution is 2.34. The molecule has 1 aromatic carbocycles. The van der Waals surface area contributed by atoms with Crippen LogP contribution in [-0.4, -0.2) is 9.78 Å². The zero-order valence-corrected chi connectivity index (χ0v) is 14.0. The average Bonchev–Trinajstić information content (AvgIpc) is 2.78. The SMILES string of the molecule is Cc1cccc(C(NN)c2c(Cl)cnn2C(C)C)c1Br. The number of nitrogens with one attached hydrogen (secondary N) is 1. The monoisotopic (exact) mass is 356 g/mol. The third-order valence-corrected chi connectivity index (χ3v) is 4.62. The van der Waals surface area contributed by atoms with Crippen LogP contribution < -0.4 is 11.3 Å². The minimum Gasteiger partial charge on any atom is -0.271 e. The highest BCUT2D eigenvalue weighted by Gasteiger charge is 2.24. The minimum absolute atomic E-state index is 0.205. The van der Waals surface area contributed by atoms with Gasteiger partial charge in [0.05, 0.1) is 23.0 Å². The molecular weight excluding hydrogens is 340 g/mol. The summed E-state index contributed by atoms with van der Waals surface area (Å²) in [6.07, 6.45) is 1.66. The van der Waals surface area contributed by atoms with Crippen LogP contribution in [0.3, 0.4) is 0 Å². The van der Waals surface area contributed by atoms with E-state index in [0.717, 1.165) is 21.3 Å². The summed E-state index contributed by atoms with van der Waals surface area (Å²) < 4.78 is 2.91. The van der Waals surface area contributed by atoms with Gasteiger partial charge in [-0.15, -0.1) is 0 Å². The first-order valence-corrected chi connectivity index (χ1v) is 7.58. The molecule has 0 aliphatic rings. The maximum Gasteiger partial charge on any atom is 0.0904 e. The largest absolute Gasteiger partial charge is 0.271 e. The molecule has 1 unspecified atom stereocenters. The third kappa shape index (κ3) is 2.76. The first-order chi connectivity index (χ1) is 9.47. The van der Waals surface area contributed by atoms with Crippen molar-refractivity contribution in [3.63, 3.8) is 0 Å². The van der Waals surface area contributed by atoms with E-state index in [0.29, 0.717) is 5.02 Å². The molecule has 108 valence electrons. The number of aromatic nitrogens is 2. The Labute approximate surface area is 132 Å². The molecular formula is C14H18BrClN4. The van der Waals surface area contributed by atoms with Crippen LogP contribution >= 0.6 is 27.5 Å². The van der Waals surface area contributed by atoms with E-state index in [-0.39, 0.29) is 12.1 Å². The summed E-state index contributed by atoms with van der Waals surface area (Å²) in [5, 5.41) is 4.94. The topological polar surface area (TPSA) is 55.9 Å². The van der Waals surface area contributed by atoms with E-state index >= 15 is 0 Å². The average molecular weight is 358 g/mol. The fourth-order valence-corrected chi connectivity index (χ4v) is 2.97. The Morgan fingerprint density at radius 1 is 1.40 bits per heavy atom. The first-order valence-electron chi connectivity index (χ1n) is 6.41. The zero-order valence-electron chi connectivity index (χ0n) is 11.7. The smallest absolute Gasteiger partial charge is 0.0904 e. The molecule has 0 saturated heterocycles. The molecule has 1 aromatic heterocycles. The second-order valence-corrected chi connectivity index (χ2v) is 6.19. The van der Waals surface area contributed by atoms with E-state index in [9.17, 15) is 0 Å². The first kappa shape index (κ1) is 15.5. The van der Waals surface area contributed by atoms with Crippen molar-refractivity contribution >= 4 is 27.5 Å². The quantitative estimate of drug-likeness (QED) is 0.647. The second kappa shape index (κ2) is 6.26. The third-order valence-electron chi connectivity index (χ3n) is 3.25. The fraction of sp³-hybridized carbons (Fsp3) is 0.357. The van der Waals surface area contributed by atoms with E-state index in [1.54, 1.807) is 6.20 Å². The van der Waals surface area contributed by atoms with Crippen molar-refractivity contribution in [3.8, 4) is 0 Å². The number of aryl methyl sites for hydroxylation is 1. The molecule has 6 heteroatoms. The Hall–Kier alpha value is -0.880. The van der Waals surface area contributed by atoms with Crippen LogP contribution in [0.2, 0.25) is 5.02 Å². The molecule has 0 aliphatic heterocycles. The van der Waals surface area contributed by atoms with Gasteiger partial charge in [-0.2, -0.15) is 5.10 Å². The summed E-state index contributed by atoms with van der Waals surface area (Å²) in [6.45, 7) is 6.17. The number of hydrazine groups is 1. The summed E-state index contributed by atoms with van der Waals surface area (Å²) >= 11 is 9.94. The van der Waals surface area contributed by atoms with Gasteiger partial charge in [0.2, 0.25) is 0 Å². The molecule has 2 rings (SSSR count). The lowest BCUT2D eigenvalue weighted by Gasteiger charge is -2.22. The van der Waals surface area contributed by atoms with Gasteiger partial charge in [-0.3, -0.25) is 10.5 Å². The molecule has 0 saturated carbocycles. The van der Waals surface area contributed by atoms with Gasteiger partial charge in [-0.05, 0) is 31.9 Å². The van der Waals surface area contributed by atoms with Crippen LogP contribution in [0.15, 0.2) is 28.9 Å². The molecule has 0 aliphatic carbocycles. The Kier molecular flexibility index (Phi) is 4.86. The molecule has 20 heavy (non-hydrogen) atoms. The molecule has 0 amide bonds. The van der Waals surface area contributed by atoms with Gasteiger partial charge in [-0.25, -0.2) is 5.43 Å². The predicted octanol–water partition coefficient (Wildman–Crippen LogP) is 3.74. The summed E-state index contributed by atoms with van der Waals surface area (Å²) in [4.78, 5) is 0. The van der Waals surface area contributed by atoms with Crippen molar-refractivity contribution in [1.82, 2.24) is 15.2 Å². The van der Waals surface area contributed by atoms with Gasteiger partial charge < -0.3 is 0 Å². The zero-order chi connectivity index (χ0) is 14.9. The maximum absolute atomic E-state index is 6.31. The predicted molar refractivity (Wildman–Crippen MR) is 85.7 cm³/mol. The maximum atomic E-state index is 6.31. The van der Waals surface area contributed by atoms with E-state index < -0.39 is 0 Å². The molecule has 0 radical (unpaired) electrons. The molecule has 4 nitrogen and oxygen atoms in total. The number of hydrogen-bond acceptors (Lipinski definition) is 3. The Morgan fingerprint density at radius 2 is 2.10 bits per heavy atom. The molecule has 1 atom stereocenters. The summed E-state index contributed by atoms with van der Waals surface area (Å²) in [6, 6.07) is 6.06. The highest BCUT2D eigenvalue weighted by atomic mass is 79.9. The van der Waals surface area contributed by atoms with Gasteiger partial charge in [0.1, 0.15) is 0 Å². The van der Waals surface area contributed by atoms with Crippen LogP contribution in [0.1, 0.15) is 42.8 Å². The minimum atomic E-state index is -0.221. The van der Waals surface area contributed by atoms with Gasteiger partial charge in [0.15, 0.2) is 0 Å². The number of rotatable bonds is 4. The summed E-state index contributed by atoms with van der Waals surface area (Å²) in [7, 11) is 0. The fourth-order valence-electron chi connectivity index (χ4n) is 2.24. The summed E-state index contributed by atoms with van der Waals surface area (Å²) in [5.74, 6) is 5.78. The highest BCUT2D eigenvalue weighted by molar-refractivity contribution is 9.10. The Morgan fingerprint density at radius 3 is 2.70 bits per heavy atom. The number of benzene rings is 1. The van der Waals surface area contributed by atoms with Crippen molar-refractivity contribution in [2.75, 3.05) is 0 Å². The number of hydrogen-bond donors (Lipinski definition) is 2. The van der Waals surface area contributed by atoms with Gasteiger partial charge >= 0.3 is 0 Å². The van der Waals surface area contributed by atoms with Crippen molar-refractivity contribution in [1.29, 1.82) is 0 Å². The number of nitrogens with two attached hydrogens (primary N) is 1. The van der Waals surface area contributed by atoms with Crippen molar-refractivity contribution < 1.29 is 0 Å². The van der Waals surface area contributed by atoms with Crippen molar-refractivity contribution in [2.24, 2.45) is 5.84 Å². The standard InChI is InChI=1S/C14H18BrClN4/c1-8(2)20-14(11(16)7-18-20)13(19-17)10-6-4-5-9(3)12(10)15/h4-8,13,19H,17H2,1-3H3. The van der Waals surface area contributed by atoms with Crippen LogP contribution in [0.4, 0.5) is 0 Å². The molecule has 2 aromatic rings. The van der Waals surface area contributed by atoms with Crippen LogP contribution in [0, 0.1) is 6.92 Å². The van der Waals surface area contributed by atoms with Crippen LogP contribution in [0.25, 0.3) is 0 Å². The lowest BCUT2D eigenvalue weighted by atomic mass is 10.0. The second-order valence-electron chi connectivity index (χ2n) is 4.99. The van der Waals surface area contributed by atoms with E-state index in [2.05, 4.69) is 40.3 Å². The molecule has 3 N–H and O–H groups in total.